The van der Waals surface area contributed by atoms with E-state index in [9.17, 15) is 0 Å². The first-order valence-electron chi connectivity index (χ1n) is 4.54. The van der Waals surface area contributed by atoms with Crippen molar-refractivity contribution in [3.8, 4) is 11.4 Å². The van der Waals surface area contributed by atoms with Crippen molar-refractivity contribution in [3.63, 3.8) is 0 Å². The van der Waals surface area contributed by atoms with E-state index in [1.165, 1.54) is 0 Å². The molecule has 0 atom stereocenters. The highest BCUT2D eigenvalue weighted by Crippen LogP contribution is 2.17. The molecule has 0 fully saturated rings. The Morgan fingerprint density at radius 1 is 1.13 bits per heavy atom. The van der Waals surface area contributed by atoms with Gasteiger partial charge in [0.05, 0.1) is 11.6 Å². The quantitative estimate of drug-likeness (QED) is 0.600. The lowest BCUT2D eigenvalue weighted by atomic mass is 10.2. The van der Waals surface area contributed by atoms with Gasteiger partial charge < -0.3 is 4.42 Å². The van der Waals surface area contributed by atoms with Crippen molar-refractivity contribution in [2.24, 2.45) is 0 Å². The molecule has 15 heavy (non-hydrogen) atoms. The van der Waals surface area contributed by atoms with Crippen LogP contribution in [0.5, 0.6) is 0 Å². The van der Waals surface area contributed by atoms with Crippen molar-refractivity contribution in [3.05, 3.63) is 43.1 Å². The molecule has 0 aliphatic rings. The summed E-state index contributed by atoms with van der Waals surface area (Å²) in [5.41, 5.74) is 1.49. The van der Waals surface area contributed by atoms with Gasteiger partial charge >= 0.3 is 0 Å². The molecule has 3 heterocycles. The molecule has 0 aliphatic heterocycles. The highest BCUT2D eigenvalue weighted by atomic mass is 16.3. The van der Waals surface area contributed by atoms with E-state index in [2.05, 4.69) is 15.0 Å². The van der Waals surface area contributed by atoms with Gasteiger partial charge in [0.1, 0.15) is 0 Å². The smallest absolute Gasteiger partial charge is 0.229 e. The largest absolute Gasteiger partial charge is 0.446 e. The number of pyridine rings is 1. The second-order valence-electron chi connectivity index (χ2n) is 3.12. The molecule has 0 saturated carbocycles. The zero-order valence-electron chi connectivity index (χ0n) is 7.79. The molecule has 3 aromatic rings. The maximum absolute atomic E-state index is 5.21. The molecule has 4 nitrogen and oxygen atoms in total. The van der Waals surface area contributed by atoms with Crippen molar-refractivity contribution >= 4 is 11.1 Å². The molecule has 0 aromatic carbocycles. The Balaban J connectivity index is 2.19. The highest BCUT2D eigenvalue weighted by molar-refractivity contribution is 5.74. The molecule has 3 aromatic heterocycles. The van der Waals surface area contributed by atoms with Gasteiger partial charge in [-0.1, -0.05) is 0 Å². The van der Waals surface area contributed by atoms with Gasteiger partial charge in [-0.05, 0) is 18.2 Å². The molecular formula is C11H7N3O. The molecule has 0 spiro atoms. The summed E-state index contributed by atoms with van der Waals surface area (Å²) in [6.45, 7) is 0. The van der Waals surface area contributed by atoms with Gasteiger partial charge in [0.25, 0.3) is 0 Å². The molecule has 0 amide bonds. The summed E-state index contributed by atoms with van der Waals surface area (Å²) in [6, 6.07) is 5.60. The third-order valence-electron chi connectivity index (χ3n) is 2.13. The standard InChI is InChI=1S/C11H7N3O/c1-2-8(6-12-4-1)10-13-7-9-3-5-15-11(9)14-10/h1-7H. The van der Waals surface area contributed by atoms with Gasteiger partial charge in [-0.2, -0.15) is 4.98 Å². The minimum absolute atomic E-state index is 0.601. The number of furan rings is 1. The van der Waals surface area contributed by atoms with Gasteiger partial charge in [-0.25, -0.2) is 4.98 Å². The highest BCUT2D eigenvalue weighted by Gasteiger charge is 2.04. The summed E-state index contributed by atoms with van der Waals surface area (Å²) in [7, 11) is 0. The van der Waals surface area contributed by atoms with Crippen LogP contribution in [0.1, 0.15) is 0 Å². The van der Waals surface area contributed by atoms with Crippen LogP contribution in [0.2, 0.25) is 0 Å². The summed E-state index contributed by atoms with van der Waals surface area (Å²) >= 11 is 0. The monoisotopic (exact) mass is 197 g/mol. The molecule has 0 unspecified atom stereocenters. The predicted molar refractivity (Wildman–Crippen MR) is 55.0 cm³/mol. The fourth-order valence-corrected chi connectivity index (χ4v) is 1.39. The molecule has 0 saturated heterocycles. The average molecular weight is 197 g/mol. The van der Waals surface area contributed by atoms with Gasteiger partial charge in [0.2, 0.25) is 5.71 Å². The second-order valence-corrected chi connectivity index (χ2v) is 3.12. The fourth-order valence-electron chi connectivity index (χ4n) is 1.39. The fraction of sp³-hybridized carbons (Fsp3) is 0. The Morgan fingerprint density at radius 2 is 2.13 bits per heavy atom. The van der Waals surface area contributed by atoms with Gasteiger partial charge in [0.15, 0.2) is 5.82 Å². The van der Waals surface area contributed by atoms with Gasteiger partial charge in [-0.15, -0.1) is 0 Å². The zero-order valence-corrected chi connectivity index (χ0v) is 7.79. The van der Waals surface area contributed by atoms with Gasteiger partial charge in [0, 0.05) is 24.2 Å². The summed E-state index contributed by atoms with van der Waals surface area (Å²) in [6.07, 6.45) is 6.79. The van der Waals surface area contributed by atoms with Crippen LogP contribution in [0, 0.1) is 0 Å². The lowest BCUT2D eigenvalue weighted by Crippen LogP contribution is -1.88. The molecule has 72 valence electrons. The summed E-state index contributed by atoms with van der Waals surface area (Å²) < 4.78 is 5.21. The number of hydrogen-bond donors (Lipinski definition) is 0. The van der Waals surface area contributed by atoms with Crippen molar-refractivity contribution in [2.75, 3.05) is 0 Å². The maximum Gasteiger partial charge on any atom is 0.229 e. The van der Waals surface area contributed by atoms with E-state index >= 15 is 0 Å². The van der Waals surface area contributed by atoms with Crippen molar-refractivity contribution in [1.29, 1.82) is 0 Å². The zero-order chi connectivity index (χ0) is 10.1. The van der Waals surface area contributed by atoms with Crippen LogP contribution in [-0.4, -0.2) is 15.0 Å². The summed E-state index contributed by atoms with van der Waals surface area (Å²) in [5, 5.41) is 0.905. The van der Waals surface area contributed by atoms with E-state index in [0.717, 1.165) is 10.9 Å². The topological polar surface area (TPSA) is 51.8 Å². The van der Waals surface area contributed by atoms with E-state index in [1.807, 2.05) is 18.2 Å². The molecule has 3 rings (SSSR count). The SMILES string of the molecule is c1cncc(-c2ncc3ccoc3n2)c1. The van der Waals surface area contributed by atoms with E-state index in [1.54, 1.807) is 24.9 Å². The normalized spacial score (nSPS) is 10.7. The number of aromatic nitrogens is 3. The van der Waals surface area contributed by atoms with Gasteiger partial charge in [-0.3, -0.25) is 4.98 Å². The number of hydrogen-bond acceptors (Lipinski definition) is 4. The lowest BCUT2D eigenvalue weighted by Gasteiger charge is -1.97. The Labute approximate surface area is 85.6 Å². The van der Waals surface area contributed by atoms with E-state index in [4.69, 9.17) is 4.42 Å². The van der Waals surface area contributed by atoms with Crippen molar-refractivity contribution < 1.29 is 4.42 Å². The molecule has 0 N–H and O–H groups in total. The Hall–Kier alpha value is -2.23. The molecule has 0 bridgehead atoms. The molecule has 4 heteroatoms. The molecular weight excluding hydrogens is 190 g/mol. The number of rotatable bonds is 1. The van der Waals surface area contributed by atoms with E-state index in [-0.39, 0.29) is 0 Å². The van der Waals surface area contributed by atoms with Crippen molar-refractivity contribution in [2.45, 2.75) is 0 Å². The average Bonchev–Trinajstić information content (AvgIpc) is 2.77. The first kappa shape index (κ1) is 8.11. The number of nitrogens with zero attached hydrogens (tertiary/aromatic N) is 3. The maximum atomic E-state index is 5.21. The summed E-state index contributed by atoms with van der Waals surface area (Å²) in [5.74, 6) is 0.630. The van der Waals surface area contributed by atoms with Crippen LogP contribution < -0.4 is 0 Å². The van der Waals surface area contributed by atoms with Crippen LogP contribution >= 0.6 is 0 Å². The van der Waals surface area contributed by atoms with E-state index in [0.29, 0.717) is 11.5 Å². The van der Waals surface area contributed by atoms with E-state index < -0.39 is 0 Å². The van der Waals surface area contributed by atoms with Crippen LogP contribution in [0.4, 0.5) is 0 Å². The minimum Gasteiger partial charge on any atom is -0.446 e. The third kappa shape index (κ3) is 1.36. The first-order chi connectivity index (χ1) is 7.43. The molecule has 0 aliphatic carbocycles. The van der Waals surface area contributed by atoms with Crippen LogP contribution in [0.15, 0.2) is 47.5 Å². The van der Waals surface area contributed by atoms with Crippen molar-refractivity contribution in [1.82, 2.24) is 15.0 Å². The number of fused-ring (bicyclic) bond motifs is 1. The van der Waals surface area contributed by atoms with Crippen LogP contribution in [-0.2, 0) is 0 Å². The first-order valence-corrected chi connectivity index (χ1v) is 4.54. The Kier molecular flexibility index (Phi) is 1.71. The Morgan fingerprint density at radius 3 is 3.00 bits per heavy atom. The Bertz CT molecular complexity index is 589. The van der Waals surface area contributed by atoms with Crippen LogP contribution in [0.25, 0.3) is 22.5 Å². The third-order valence-corrected chi connectivity index (χ3v) is 2.13. The minimum atomic E-state index is 0.601. The predicted octanol–water partition coefficient (Wildman–Crippen LogP) is 2.28. The second kappa shape index (κ2) is 3.16. The molecule has 0 radical (unpaired) electrons. The van der Waals surface area contributed by atoms with Crippen LogP contribution in [0.3, 0.4) is 0 Å². The lowest BCUT2D eigenvalue weighted by molar-refractivity contribution is 0.603. The summed E-state index contributed by atoms with van der Waals surface area (Å²) in [4.78, 5) is 12.5.